The van der Waals surface area contributed by atoms with Crippen molar-refractivity contribution in [1.29, 1.82) is 0 Å². The first kappa shape index (κ1) is 14.1. The van der Waals surface area contributed by atoms with Gasteiger partial charge in [0, 0.05) is 30.8 Å². The molecule has 102 valence electrons. The Morgan fingerprint density at radius 2 is 2.37 bits per heavy atom. The van der Waals surface area contributed by atoms with E-state index in [1.807, 2.05) is 31.1 Å². The molecule has 1 aromatic carbocycles. The molecule has 0 spiro atoms. The Morgan fingerprint density at radius 3 is 3.11 bits per heavy atom. The summed E-state index contributed by atoms with van der Waals surface area (Å²) in [4.78, 5) is 3.83. The van der Waals surface area contributed by atoms with Crippen molar-refractivity contribution >= 4 is 17.4 Å². The van der Waals surface area contributed by atoms with Gasteiger partial charge in [0.15, 0.2) is 0 Å². The van der Waals surface area contributed by atoms with E-state index in [2.05, 4.69) is 41.9 Å². The topological polar surface area (TPSA) is 15.3 Å². The van der Waals surface area contributed by atoms with Crippen LogP contribution in [0.5, 0.6) is 0 Å². The highest BCUT2D eigenvalue weighted by Gasteiger charge is 2.17. The first-order valence-electron chi connectivity index (χ1n) is 6.77. The van der Waals surface area contributed by atoms with Crippen molar-refractivity contribution in [2.45, 2.75) is 18.2 Å². The van der Waals surface area contributed by atoms with E-state index in [1.165, 1.54) is 16.1 Å². The SMILES string of the molecule is C=C(/C=C\NC)CN1CCSc2ccc(CC)cc21. The lowest BCUT2D eigenvalue weighted by atomic mass is 10.1. The molecule has 0 fully saturated rings. The van der Waals surface area contributed by atoms with E-state index in [9.17, 15) is 0 Å². The molecule has 3 heteroatoms. The van der Waals surface area contributed by atoms with Gasteiger partial charge in [0.25, 0.3) is 0 Å². The van der Waals surface area contributed by atoms with Crippen molar-refractivity contribution in [2.75, 3.05) is 30.8 Å². The summed E-state index contributed by atoms with van der Waals surface area (Å²) < 4.78 is 0. The number of hydrogen-bond acceptors (Lipinski definition) is 3. The molecule has 0 bridgehead atoms. The summed E-state index contributed by atoms with van der Waals surface area (Å²) in [5, 5.41) is 3.01. The van der Waals surface area contributed by atoms with Crippen LogP contribution in [-0.2, 0) is 6.42 Å². The Bertz CT molecular complexity index is 480. The number of hydrogen-bond donors (Lipinski definition) is 1. The molecule has 0 aromatic heterocycles. The van der Waals surface area contributed by atoms with Gasteiger partial charge in [-0.05, 0) is 42.0 Å². The Balaban J connectivity index is 2.16. The zero-order valence-electron chi connectivity index (χ0n) is 11.8. The average Bonchev–Trinajstić information content (AvgIpc) is 2.45. The minimum atomic E-state index is 0.902. The molecule has 1 aliphatic rings. The van der Waals surface area contributed by atoms with E-state index in [1.54, 1.807) is 0 Å². The summed E-state index contributed by atoms with van der Waals surface area (Å²) in [6, 6.07) is 6.83. The van der Waals surface area contributed by atoms with Crippen molar-refractivity contribution < 1.29 is 0 Å². The fraction of sp³-hybridized carbons (Fsp3) is 0.375. The van der Waals surface area contributed by atoms with Crippen LogP contribution >= 0.6 is 11.8 Å². The van der Waals surface area contributed by atoms with Crippen molar-refractivity contribution in [1.82, 2.24) is 5.32 Å². The van der Waals surface area contributed by atoms with Crippen LogP contribution in [0, 0.1) is 0 Å². The van der Waals surface area contributed by atoms with Gasteiger partial charge in [0.2, 0.25) is 0 Å². The molecule has 0 saturated carbocycles. The van der Waals surface area contributed by atoms with Gasteiger partial charge < -0.3 is 10.2 Å². The highest BCUT2D eigenvalue weighted by molar-refractivity contribution is 7.99. The van der Waals surface area contributed by atoms with Gasteiger partial charge in [-0.15, -0.1) is 11.8 Å². The van der Waals surface area contributed by atoms with Crippen molar-refractivity contribution in [3.63, 3.8) is 0 Å². The minimum Gasteiger partial charge on any atom is -0.394 e. The van der Waals surface area contributed by atoms with E-state index in [4.69, 9.17) is 0 Å². The Hall–Kier alpha value is -1.35. The van der Waals surface area contributed by atoms with E-state index < -0.39 is 0 Å². The lowest BCUT2D eigenvalue weighted by molar-refractivity contribution is 0.869. The second-order valence-electron chi connectivity index (χ2n) is 4.71. The molecule has 0 aliphatic carbocycles. The predicted molar refractivity (Wildman–Crippen MR) is 86.1 cm³/mol. The van der Waals surface area contributed by atoms with Crippen molar-refractivity contribution in [3.05, 3.63) is 48.2 Å². The molecule has 2 nitrogen and oxygen atoms in total. The molecule has 0 radical (unpaired) electrons. The molecule has 19 heavy (non-hydrogen) atoms. The van der Waals surface area contributed by atoms with Crippen molar-refractivity contribution in [2.24, 2.45) is 0 Å². The van der Waals surface area contributed by atoms with Crippen LogP contribution in [0.15, 0.2) is 47.5 Å². The molecular formula is C16H22N2S. The van der Waals surface area contributed by atoms with Crippen LogP contribution < -0.4 is 10.2 Å². The van der Waals surface area contributed by atoms with Crippen LogP contribution in [0.4, 0.5) is 5.69 Å². The zero-order chi connectivity index (χ0) is 13.7. The highest BCUT2D eigenvalue weighted by Crippen LogP contribution is 2.35. The number of nitrogens with one attached hydrogen (secondary N) is 1. The predicted octanol–water partition coefficient (Wildman–Crippen LogP) is 3.45. The van der Waals surface area contributed by atoms with E-state index in [-0.39, 0.29) is 0 Å². The normalized spacial score (nSPS) is 14.5. The maximum atomic E-state index is 4.13. The quantitative estimate of drug-likeness (QED) is 0.828. The fourth-order valence-electron chi connectivity index (χ4n) is 2.20. The molecule has 1 heterocycles. The second-order valence-corrected chi connectivity index (χ2v) is 5.84. The van der Waals surface area contributed by atoms with Gasteiger partial charge in [0.05, 0.1) is 5.69 Å². The Labute approximate surface area is 120 Å². The number of rotatable bonds is 5. The highest BCUT2D eigenvalue weighted by atomic mass is 32.2. The second kappa shape index (κ2) is 6.71. The standard InChI is InChI=1S/C16H22N2S/c1-4-14-5-6-16-15(11-14)18(9-10-19-16)12-13(2)7-8-17-3/h5-8,11,17H,2,4,9-10,12H2,1,3H3/b8-7-. The third-order valence-electron chi connectivity index (χ3n) is 3.27. The zero-order valence-corrected chi connectivity index (χ0v) is 12.6. The third kappa shape index (κ3) is 3.57. The van der Waals surface area contributed by atoms with Crippen LogP contribution in [-0.4, -0.2) is 25.9 Å². The molecule has 1 aliphatic heterocycles. The van der Waals surface area contributed by atoms with E-state index >= 15 is 0 Å². The van der Waals surface area contributed by atoms with Gasteiger partial charge in [-0.2, -0.15) is 0 Å². The maximum Gasteiger partial charge on any atom is 0.0510 e. The maximum absolute atomic E-state index is 4.13. The molecule has 2 rings (SSSR count). The van der Waals surface area contributed by atoms with Crippen molar-refractivity contribution in [3.8, 4) is 0 Å². The summed E-state index contributed by atoms with van der Waals surface area (Å²) in [5.74, 6) is 1.15. The molecule has 0 unspecified atom stereocenters. The van der Waals surface area contributed by atoms with Gasteiger partial charge in [0.1, 0.15) is 0 Å². The summed E-state index contributed by atoms with van der Waals surface area (Å²) in [6.07, 6.45) is 5.07. The first-order chi connectivity index (χ1) is 9.24. The number of anilines is 1. The molecule has 1 N–H and O–H groups in total. The number of fused-ring (bicyclic) bond motifs is 1. The van der Waals surface area contributed by atoms with Crippen LogP contribution in [0.25, 0.3) is 0 Å². The van der Waals surface area contributed by atoms with Crippen LogP contribution in [0.1, 0.15) is 12.5 Å². The number of thioether (sulfide) groups is 1. The number of benzene rings is 1. The molecule has 0 atom stereocenters. The Kier molecular flexibility index (Phi) is 4.97. The summed E-state index contributed by atoms with van der Waals surface area (Å²) >= 11 is 1.95. The van der Waals surface area contributed by atoms with Gasteiger partial charge in [-0.3, -0.25) is 0 Å². The van der Waals surface area contributed by atoms with Gasteiger partial charge >= 0.3 is 0 Å². The van der Waals surface area contributed by atoms with Crippen LogP contribution in [0.2, 0.25) is 0 Å². The number of aryl methyl sites for hydroxylation is 1. The summed E-state index contributed by atoms with van der Waals surface area (Å²) in [7, 11) is 1.91. The summed E-state index contributed by atoms with van der Waals surface area (Å²) in [5.41, 5.74) is 3.91. The third-order valence-corrected chi connectivity index (χ3v) is 4.31. The average molecular weight is 274 g/mol. The minimum absolute atomic E-state index is 0.902. The molecule has 1 aromatic rings. The smallest absolute Gasteiger partial charge is 0.0510 e. The van der Waals surface area contributed by atoms with E-state index in [0.29, 0.717) is 0 Å². The Morgan fingerprint density at radius 1 is 1.53 bits per heavy atom. The summed E-state index contributed by atoms with van der Waals surface area (Å²) in [6.45, 7) is 8.33. The molecule has 0 saturated heterocycles. The van der Waals surface area contributed by atoms with Gasteiger partial charge in [-0.25, -0.2) is 0 Å². The largest absolute Gasteiger partial charge is 0.394 e. The lowest BCUT2D eigenvalue weighted by Crippen LogP contribution is -2.30. The molecule has 0 amide bonds. The monoisotopic (exact) mass is 274 g/mol. The fourth-order valence-corrected chi connectivity index (χ4v) is 3.23. The number of nitrogens with zero attached hydrogens (tertiary/aromatic N) is 1. The van der Waals surface area contributed by atoms with Gasteiger partial charge in [-0.1, -0.05) is 19.6 Å². The van der Waals surface area contributed by atoms with E-state index in [0.717, 1.165) is 30.8 Å². The van der Waals surface area contributed by atoms with Crippen LogP contribution in [0.3, 0.4) is 0 Å². The lowest BCUT2D eigenvalue weighted by Gasteiger charge is -2.31. The first-order valence-corrected chi connectivity index (χ1v) is 7.75. The molecular weight excluding hydrogens is 252 g/mol.